The third-order valence-electron chi connectivity index (χ3n) is 3.96. The van der Waals surface area contributed by atoms with Crippen molar-refractivity contribution in [3.63, 3.8) is 0 Å². The highest BCUT2D eigenvalue weighted by Crippen LogP contribution is 2.21. The lowest BCUT2D eigenvalue weighted by molar-refractivity contribution is 0.461. The van der Waals surface area contributed by atoms with Crippen molar-refractivity contribution in [3.8, 4) is 0 Å². The van der Waals surface area contributed by atoms with Crippen LogP contribution < -0.4 is 10.0 Å². The van der Waals surface area contributed by atoms with Gasteiger partial charge in [0.2, 0.25) is 10.0 Å². The van der Waals surface area contributed by atoms with Crippen LogP contribution in [-0.2, 0) is 16.4 Å². The van der Waals surface area contributed by atoms with Crippen molar-refractivity contribution in [3.05, 3.63) is 17.0 Å². The van der Waals surface area contributed by atoms with Crippen LogP contribution in [-0.4, -0.2) is 27.5 Å². The number of thiophene rings is 1. The van der Waals surface area contributed by atoms with Crippen LogP contribution in [0.1, 0.15) is 50.3 Å². The van der Waals surface area contributed by atoms with Crippen molar-refractivity contribution in [1.82, 2.24) is 10.0 Å². The molecule has 1 aliphatic rings. The molecule has 1 saturated carbocycles. The van der Waals surface area contributed by atoms with Crippen molar-refractivity contribution in [2.24, 2.45) is 0 Å². The van der Waals surface area contributed by atoms with Gasteiger partial charge in [-0.25, -0.2) is 13.1 Å². The average molecular weight is 331 g/mol. The number of hydrogen-bond acceptors (Lipinski definition) is 4. The van der Waals surface area contributed by atoms with E-state index in [9.17, 15) is 8.42 Å². The molecular formula is C15H26N2O2S2. The van der Waals surface area contributed by atoms with Gasteiger partial charge in [-0.1, -0.05) is 32.6 Å². The molecule has 0 bridgehead atoms. The second-order valence-corrected chi connectivity index (χ2v) is 8.78. The SMILES string of the molecule is CCc1ccc(S(=O)(=O)NCCNC2CCCCCC2)s1. The molecule has 1 aromatic rings. The lowest BCUT2D eigenvalue weighted by atomic mass is 10.1. The molecule has 1 aliphatic carbocycles. The summed E-state index contributed by atoms with van der Waals surface area (Å²) in [6, 6.07) is 4.15. The normalized spacial score (nSPS) is 17.8. The van der Waals surface area contributed by atoms with Crippen LogP contribution in [0.5, 0.6) is 0 Å². The Hall–Kier alpha value is -0.430. The summed E-state index contributed by atoms with van der Waals surface area (Å²) in [4.78, 5) is 1.10. The van der Waals surface area contributed by atoms with Gasteiger partial charge in [0, 0.05) is 24.0 Å². The summed E-state index contributed by atoms with van der Waals surface area (Å²) in [5.41, 5.74) is 0. The van der Waals surface area contributed by atoms with Crippen LogP contribution in [0.2, 0.25) is 0 Å². The second-order valence-electron chi connectivity index (χ2n) is 5.61. The van der Waals surface area contributed by atoms with Gasteiger partial charge in [0.25, 0.3) is 0 Å². The van der Waals surface area contributed by atoms with Gasteiger partial charge in [-0.2, -0.15) is 0 Å². The minimum atomic E-state index is -3.33. The zero-order valence-corrected chi connectivity index (χ0v) is 14.4. The van der Waals surface area contributed by atoms with Gasteiger partial charge in [0.05, 0.1) is 0 Å². The summed E-state index contributed by atoms with van der Waals surface area (Å²) < 4.78 is 27.4. The van der Waals surface area contributed by atoms with Crippen LogP contribution in [0, 0.1) is 0 Å². The van der Waals surface area contributed by atoms with Gasteiger partial charge in [-0.3, -0.25) is 0 Å². The van der Waals surface area contributed by atoms with E-state index >= 15 is 0 Å². The molecule has 0 unspecified atom stereocenters. The molecule has 2 N–H and O–H groups in total. The summed E-state index contributed by atoms with van der Waals surface area (Å²) in [6.45, 7) is 3.19. The molecule has 0 atom stereocenters. The largest absolute Gasteiger partial charge is 0.313 e. The maximum Gasteiger partial charge on any atom is 0.250 e. The fourth-order valence-electron chi connectivity index (χ4n) is 2.71. The second kappa shape index (κ2) is 8.27. The first-order valence-electron chi connectivity index (χ1n) is 7.93. The van der Waals surface area contributed by atoms with Crippen LogP contribution in [0.15, 0.2) is 16.3 Å². The van der Waals surface area contributed by atoms with Gasteiger partial charge >= 0.3 is 0 Å². The van der Waals surface area contributed by atoms with Crippen LogP contribution in [0.25, 0.3) is 0 Å². The number of nitrogens with one attached hydrogen (secondary N) is 2. The molecule has 6 heteroatoms. The van der Waals surface area contributed by atoms with Gasteiger partial charge in [-0.15, -0.1) is 11.3 Å². The predicted molar refractivity (Wildman–Crippen MR) is 88.4 cm³/mol. The fourth-order valence-corrected chi connectivity index (χ4v) is 5.08. The number of hydrogen-bond donors (Lipinski definition) is 2. The van der Waals surface area contributed by atoms with E-state index in [1.165, 1.54) is 49.9 Å². The predicted octanol–water partition coefficient (Wildman–Crippen LogP) is 2.90. The minimum Gasteiger partial charge on any atom is -0.313 e. The smallest absolute Gasteiger partial charge is 0.250 e. The third-order valence-corrected chi connectivity index (χ3v) is 7.14. The maximum absolute atomic E-state index is 12.1. The molecule has 1 heterocycles. The Morgan fingerprint density at radius 2 is 1.86 bits per heavy atom. The molecule has 21 heavy (non-hydrogen) atoms. The zero-order chi connectivity index (χ0) is 15.1. The molecule has 0 aliphatic heterocycles. The van der Waals surface area contributed by atoms with Gasteiger partial charge in [0.15, 0.2) is 0 Å². The van der Waals surface area contributed by atoms with E-state index in [0.29, 0.717) is 23.3 Å². The Bertz CT molecular complexity index is 518. The van der Waals surface area contributed by atoms with Gasteiger partial charge < -0.3 is 5.32 Å². The average Bonchev–Trinajstić information content (AvgIpc) is 2.82. The molecule has 2 rings (SSSR count). The molecular weight excluding hydrogens is 304 g/mol. The highest BCUT2D eigenvalue weighted by molar-refractivity contribution is 7.91. The Morgan fingerprint density at radius 3 is 2.48 bits per heavy atom. The van der Waals surface area contributed by atoms with E-state index < -0.39 is 10.0 Å². The highest BCUT2D eigenvalue weighted by atomic mass is 32.2. The summed E-state index contributed by atoms with van der Waals surface area (Å²) in [6.07, 6.45) is 8.57. The van der Waals surface area contributed by atoms with E-state index in [1.807, 2.05) is 13.0 Å². The summed E-state index contributed by atoms with van der Waals surface area (Å²) in [5.74, 6) is 0. The van der Waals surface area contributed by atoms with Crippen LogP contribution >= 0.6 is 11.3 Å². The summed E-state index contributed by atoms with van der Waals surface area (Å²) in [5, 5.41) is 3.48. The Kier molecular flexibility index (Phi) is 6.67. The molecule has 0 radical (unpaired) electrons. The standard InChI is InChI=1S/C15H26N2O2S2/c1-2-14-9-10-15(20-14)21(18,19)17-12-11-16-13-7-5-3-4-6-8-13/h9-10,13,16-17H,2-8,11-12H2,1H3. The van der Waals surface area contributed by atoms with Gasteiger partial charge in [0.1, 0.15) is 4.21 Å². The monoisotopic (exact) mass is 330 g/mol. The number of rotatable bonds is 7. The topological polar surface area (TPSA) is 58.2 Å². The van der Waals surface area contributed by atoms with Crippen molar-refractivity contribution >= 4 is 21.4 Å². The lowest BCUT2D eigenvalue weighted by Crippen LogP contribution is -2.36. The fraction of sp³-hybridized carbons (Fsp3) is 0.733. The maximum atomic E-state index is 12.1. The van der Waals surface area contributed by atoms with E-state index in [1.54, 1.807) is 6.07 Å². The zero-order valence-electron chi connectivity index (χ0n) is 12.7. The van der Waals surface area contributed by atoms with E-state index in [4.69, 9.17) is 0 Å². The lowest BCUT2D eigenvalue weighted by Gasteiger charge is -2.16. The molecule has 0 spiro atoms. The Morgan fingerprint density at radius 1 is 1.14 bits per heavy atom. The molecule has 120 valence electrons. The first-order chi connectivity index (χ1) is 10.1. The first-order valence-corrected chi connectivity index (χ1v) is 10.2. The molecule has 0 aromatic carbocycles. The van der Waals surface area contributed by atoms with Crippen molar-refractivity contribution in [2.75, 3.05) is 13.1 Å². The highest BCUT2D eigenvalue weighted by Gasteiger charge is 2.16. The van der Waals surface area contributed by atoms with Gasteiger partial charge in [-0.05, 0) is 31.4 Å². The minimum absolute atomic E-state index is 0.425. The molecule has 1 fully saturated rings. The van der Waals surface area contributed by atoms with Crippen molar-refractivity contribution in [2.45, 2.75) is 62.1 Å². The molecule has 0 saturated heterocycles. The quantitative estimate of drug-likeness (QED) is 0.597. The molecule has 4 nitrogen and oxygen atoms in total. The summed E-state index contributed by atoms with van der Waals surface area (Å²) in [7, 11) is -3.33. The van der Waals surface area contributed by atoms with E-state index in [-0.39, 0.29) is 0 Å². The number of sulfonamides is 1. The van der Waals surface area contributed by atoms with Crippen molar-refractivity contribution < 1.29 is 8.42 Å². The molecule has 1 aromatic heterocycles. The Labute approximate surface area is 132 Å². The number of aryl methyl sites for hydroxylation is 1. The van der Waals surface area contributed by atoms with E-state index in [2.05, 4.69) is 10.0 Å². The van der Waals surface area contributed by atoms with Crippen molar-refractivity contribution in [1.29, 1.82) is 0 Å². The van der Waals surface area contributed by atoms with Crippen LogP contribution in [0.4, 0.5) is 0 Å². The first kappa shape index (κ1) is 16.9. The Balaban J connectivity index is 1.74. The molecule has 0 amide bonds. The van der Waals surface area contributed by atoms with E-state index in [0.717, 1.165) is 11.3 Å². The van der Waals surface area contributed by atoms with Crippen LogP contribution in [0.3, 0.4) is 0 Å². The summed E-state index contributed by atoms with van der Waals surface area (Å²) >= 11 is 1.36. The third kappa shape index (κ3) is 5.36.